The van der Waals surface area contributed by atoms with Gasteiger partial charge in [-0.2, -0.15) is 0 Å². The Morgan fingerprint density at radius 1 is 0.611 bits per heavy atom. The molecule has 0 spiro atoms. The molecule has 0 aromatic carbocycles. The van der Waals surface area contributed by atoms with Crippen molar-refractivity contribution in [1.29, 1.82) is 0 Å². The molecule has 0 aliphatic carbocycles. The zero-order valence-corrected chi connectivity index (χ0v) is 35.6. The summed E-state index contributed by atoms with van der Waals surface area (Å²) >= 11 is 0. The lowest BCUT2D eigenvalue weighted by Gasteiger charge is -2.23. The maximum Gasteiger partial charge on any atom is 0.472 e. The normalized spacial score (nSPS) is 14.7. The van der Waals surface area contributed by atoms with E-state index in [9.17, 15) is 19.4 Å². The molecule has 0 aromatic rings. The molecule has 0 radical (unpaired) electrons. The standard InChI is InChI=1S/C45H83N2O6P/c1-3-5-7-9-11-13-15-17-19-20-21-22-23-24-25-26-28-30-32-34-36-38-44(48)43(42-53-54(50,51)52-41-40-46)47-45(49)39-37-35-33-31-29-27-18-16-14-12-10-8-6-4-2/h10,12,16,18,23-24,28,30,36,38,43-44,48H,3-9,11,13-15,17,19-22,25-27,29,31-35,37,39-42,46H2,1-2H3,(H,47,49)(H,50,51)/b12-10-,18-16-,24-23+,30-28+,38-36+. The van der Waals surface area contributed by atoms with Crippen molar-refractivity contribution in [1.82, 2.24) is 5.32 Å². The van der Waals surface area contributed by atoms with Crippen molar-refractivity contribution in [2.45, 2.75) is 199 Å². The van der Waals surface area contributed by atoms with E-state index in [2.05, 4.69) is 67.8 Å². The number of nitrogens with one attached hydrogen (secondary N) is 1. The van der Waals surface area contributed by atoms with Crippen LogP contribution < -0.4 is 11.1 Å². The molecule has 0 heterocycles. The average Bonchev–Trinajstić information content (AvgIpc) is 3.16. The van der Waals surface area contributed by atoms with Gasteiger partial charge in [-0.1, -0.05) is 171 Å². The smallest absolute Gasteiger partial charge is 0.387 e. The number of allylic oxidation sites excluding steroid dienone is 9. The Morgan fingerprint density at radius 3 is 1.59 bits per heavy atom. The summed E-state index contributed by atoms with van der Waals surface area (Å²) < 4.78 is 22.1. The van der Waals surface area contributed by atoms with E-state index in [-0.39, 0.29) is 25.7 Å². The first kappa shape index (κ1) is 52.2. The van der Waals surface area contributed by atoms with Gasteiger partial charge >= 0.3 is 7.82 Å². The van der Waals surface area contributed by atoms with Gasteiger partial charge in [0, 0.05) is 13.0 Å². The van der Waals surface area contributed by atoms with Crippen LogP contribution in [0.5, 0.6) is 0 Å². The number of phosphoric acid groups is 1. The van der Waals surface area contributed by atoms with Gasteiger partial charge in [0.25, 0.3) is 0 Å². The van der Waals surface area contributed by atoms with Crippen LogP contribution in [-0.4, -0.2) is 47.8 Å². The number of aliphatic hydroxyl groups is 1. The van der Waals surface area contributed by atoms with Crippen LogP contribution in [0.25, 0.3) is 0 Å². The van der Waals surface area contributed by atoms with E-state index < -0.39 is 20.0 Å². The molecule has 0 aliphatic heterocycles. The quantitative estimate of drug-likeness (QED) is 0.0277. The lowest BCUT2D eigenvalue weighted by molar-refractivity contribution is -0.123. The van der Waals surface area contributed by atoms with Crippen LogP contribution in [0.1, 0.15) is 187 Å². The third-order valence-corrected chi connectivity index (χ3v) is 10.3. The number of carbonyl (C=O) groups excluding carboxylic acids is 1. The van der Waals surface area contributed by atoms with E-state index in [0.29, 0.717) is 6.42 Å². The molecule has 54 heavy (non-hydrogen) atoms. The molecule has 0 saturated heterocycles. The minimum Gasteiger partial charge on any atom is -0.387 e. The number of hydrogen-bond acceptors (Lipinski definition) is 6. The average molecular weight is 779 g/mol. The first-order valence-corrected chi connectivity index (χ1v) is 23.4. The van der Waals surface area contributed by atoms with Crippen LogP contribution in [0, 0.1) is 0 Å². The van der Waals surface area contributed by atoms with Crippen molar-refractivity contribution in [2.75, 3.05) is 19.8 Å². The number of hydrogen-bond donors (Lipinski definition) is 4. The maximum absolute atomic E-state index is 12.7. The molecule has 1 amide bonds. The van der Waals surface area contributed by atoms with Gasteiger partial charge < -0.3 is 21.1 Å². The monoisotopic (exact) mass is 779 g/mol. The highest BCUT2D eigenvalue weighted by atomic mass is 31.2. The highest BCUT2D eigenvalue weighted by molar-refractivity contribution is 7.47. The second kappa shape index (κ2) is 40.9. The summed E-state index contributed by atoms with van der Waals surface area (Å²) in [5.74, 6) is -0.225. The van der Waals surface area contributed by atoms with Crippen LogP contribution in [0.4, 0.5) is 0 Å². The van der Waals surface area contributed by atoms with Crippen molar-refractivity contribution >= 4 is 13.7 Å². The Labute approximate surface area is 332 Å². The minimum absolute atomic E-state index is 0.0670. The Bertz CT molecular complexity index is 1030. The van der Waals surface area contributed by atoms with Gasteiger partial charge in [-0.25, -0.2) is 4.57 Å². The summed E-state index contributed by atoms with van der Waals surface area (Å²) in [4.78, 5) is 22.7. The number of rotatable bonds is 40. The van der Waals surface area contributed by atoms with Crippen LogP contribution in [0.3, 0.4) is 0 Å². The second-order valence-corrected chi connectivity index (χ2v) is 16.0. The van der Waals surface area contributed by atoms with Crippen molar-refractivity contribution in [3.05, 3.63) is 60.8 Å². The lowest BCUT2D eigenvalue weighted by atomic mass is 10.1. The van der Waals surface area contributed by atoms with Gasteiger partial charge in [0.1, 0.15) is 0 Å². The maximum atomic E-state index is 12.7. The third kappa shape index (κ3) is 38.5. The lowest BCUT2D eigenvalue weighted by Crippen LogP contribution is -2.45. The summed E-state index contributed by atoms with van der Waals surface area (Å²) in [5, 5.41) is 13.6. The molecule has 3 unspecified atom stereocenters. The van der Waals surface area contributed by atoms with Crippen molar-refractivity contribution in [2.24, 2.45) is 5.73 Å². The van der Waals surface area contributed by atoms with Gasteiger partial charge in [-0.15, -0.1) is 0 Å². The van der Waals surface area contributed by atoms with E-state index in [4.69, 9.17) is 14.8 Å². The van der Waals surface area contributed by atoms with Crippen LogP contribution >= 0.6 is 7.82 Å². The van der Waals surface area contributed by atoms with Crippen molar-refractivity contribution in [3.63, 3.8) is 0 Å². The number of amides is 1. The van der Waals surface area contributed by atoms with Crippen LogP contribution in [0.15, 0.2) is 60.8 Å². The minimum atomic E-state index is -4.36. The molecule has 5 N–H and O–H groups in total. The van der Waals surface area contributed by atoms with E-state index in [1.54, 1.807) is 6.08 Å². The number of nitrogens with two attached hydrogens (primary N) is 1. The molecule has 0 bridgehead atoms. The first-order chi connectivity index (χ1) is 26.4. The highest BCUT2D eigenvalue weighted by Gasteiger charge is 2.26. The summed E-state index contributed by atoms with van der Waals surface area (Å²) in [6.07, 6.45) is 51.3. The summed E-state index contributed by atoms with van der Waals surface area (Å²) in [6, 6.07) is -0.892. The Hall–Kier alpha value is -1.80. The molecule has 0 aromatic heterocycles. The van der Waals surface area contributed by atoms with Gasteiger partial charge in [0.05, 0.1) is 25.4 Å². The van der Waals surface area contributed by atoms with Gasteiger partial charge in [0.2, 0.25) is 5.91 Å². The molecule has 314 valence electrons. The number of aliphatic hydroxyl groups excluding tert-OH is 1. The Balaban J connectivity index is 4.31. The number of phosphoric ester groups is 1. The van der Waals surface area contributed by atoms with Crippen LogP contribution in [-0.2, 0) is 18.4 Å². The van der Waals surface area contributed by atoms with Gasteiger partial charge in [0.15, 0.2) is 0 Å². The first-order valence-electron chi connectivity index (χ1n) is 21.9. The molecular weight excluding hydrogens is 695 g/mol. The van der Waals surface area contributed by atoms with Crippen LogP contribution in [0.2, 0.25) is 0 Å². The highest BCUT2D eigenvalue weighted by Crippen LogP contribution is 2.43. The zero-order valence-electron chi connectivity index (χ0n) is 34.7. The topological polar surface area (TPSA) is 131 Å². The van der Waals surface area contributed by atoms with E-state index in [0.717, 1.165) is 70.6 Å². The molecule has 3 atom stereocenters. The van der Waals surface area contributed by atoms with E-state index in [1.165, 1.54) is 96.3 Å². The fourth-order valence-electron chi connectivity index (χ4n) is 5.94. The fraction of sp³-hybridized carbons (Fsp3) is 0.756. The molecule has 0 fully saturated rings. The van der Waals surface area contributed by atoms with Crippen molar-refractivity contribution in [3.8, 4) is 0 Å². The predicted molar refractivity (Wildman–Crippen MR) is 230 cm³/mol. The zero-order chi connectivity index (χ0) is 39.6. The Kier molecular flexibility index (Phi) is 39.5. The predicted octanol–water partition coefficient (Wildman–Crippen LogP) is 12.3. The second-order valence-electron chi connectivity index (χ2n) is 14.5. The SMILES string of the molecule is CCCC/C=C\C/C=C\CCCCCCCC(=O)NC(COP(=O)(O)OCCN)C(O)/C=C/CC/C=C/CC/C=C/CCCCCCCCCCCCC. The number of unbranched alkanes of at least 4 members (excludes halogenated alkanes) is 20. The van der Waals surface area contributed by atoms with Gasteiger partial charge in [-0.05, 0) is 70.6 Å². The van der Waals surface area contributed by atoms with E-state index >= 15 is 0 Å². The summed E-state index contributed by atoms with van der Waals surface area (Å²) in [5.41, 5.74) is 5.37. The van der Waals surface area contributed by atoms with E-state index in [1.807, 2.05) is 6.08 Å². The molecule has 0 rings (SSSR count). The Morgan fingerprint density at radius 2 is 1.06 bits per heavy atom. The summed E-state index contributed by atoms with van der Waals surface area (Å²) in [6.45, 7) is 4.04. The van der Waals surface area contributed by atoms with Crippen molar-refractivity contribution < 1.29 is 28.4 Å². The third-order valence-electron chi connectivity index (χ3n) is 9.29. The molecule has 9 heteroatoms. The van der Waals surface area contributed by atoms with Gasteiger partial charge in [-0.3, -0.25) is 13.8 Å². The molecule has 8 nitrogen and oxygen atoms in total. The fourth-order valence-corrected chi connectivity index (χ4v) is 6.70. The largest absolute Gasteiger partial charge is 0.472 e. The summed E-state index contributed by atoms with van der Waals surface area (Å²) in [7, 11) is -4.36. The molecule has 0 aliphatic rings. The molecule has 0 saturated carbocycles. The number of carbonyl (C=O) groups is 1. The molecular formula is C45H83N2O6P.